The van der Waals surface area contributed by atoms with Crippen molar-refractivity contribution in [2.45, 2.75) is 0 Å². The Kier molecular flexibility index (Phi) is 20.5. The Morgan fingerprint density at radius 3 is 1.75 bits per heavy atom. The molecule has 0 aromatic rings. The maximum absolute atomic E-state index is 3.28. The van der Waals surface area contributed by atoms with Crippen LogP contribution in [0.5, 0.6) is 0 Å². The molecule has 0 saturated carbocycles. The molecule has 0 aliphatic carbocycles. The summed E-state index contributed by atoms with van der Waals surface area (Å²) in [6.45, 7) is 3.28. The first-order chi connectivity index (χ1) is 1.41. The van der Waals surface area contributed by atoms with Crippen molar-refractivity contribution in [3.63, 3.8) is 0 Å². The first-order valence-electron chi connectivity index (χ1n) is 0.626. The second-order valence-corrected chi connectivity index (χ2v) is 0.636. The van der Waals surface area contributed by atoms with Gasteiger partial charge in [0.25, 0.3) is 0 Å². The molecule has 0 rings (SSSR count). The Morgan fingerprint density at radius 2 is 1.75 bits per heavy atom. The monoisotopic (exact) mass is 162 g/mol. The van der Waals surface area contributed by atoms with Gasteiger partial charge in [-0.05, 0) is 0 Å². The molecule has 0 radical (unpaired) electrons. The van der Waals surface area contributed by atoms with Crippen molar-refractivity contribution in [1.29, 1.82) is 0 Å². The molecule has 0 aromatic carbocycles. The summed E-state index contributed by atoms with van der Waals surface area (Å²) in [7, 11) is 0. The molecule has 0 bridgehead atoms. The number of hydrogen-bond acceptors (Lipinski definition) is 0. The average molecular weight is 163 g/mol. The van der Waals surface area contributed by atoms with E-state index in [0.717, 1.165) is 0 Å². The number of halogens is 1. The molecule has 0 aliphatic rings. The fourth-order valence-electron chi connectivity index (χ4n) is 0. The zero-order valence-electron chi connectivity index (χ0n) is 2.07. The molecule has 0 aliphatic heterocycles. The van der Waals surface area contributed by atoms with Gasteiger partial charge in [-0.15, -0.1) is 17.0 Å². The van der Waals surface area contributed by atoms with E-state index in [-0.39, 0.29) is 17.0 Å². The minimum absolute atomic E-state index is 0. The van der Waals surface area contributed by atoms with Gasteiger partial charge < -0.3 is 0 Å². The molecular weight excluding hydrogens is 159 g/mol. The zero-order chi connectivity index (χ0) is 2.71. The summed E-state index contributed by atoms with van der Waals surface area (Å²) in [5, 5.41) is 0. The second kappa shape index (κ2) is 9.27. The number of hydrogen-bond donors (Lipinski definition) is 0. The van der Waals surface area contributed by atoms with E-state index in [4.69, 9.17) is 0 Å². The van der Waals surface area contributed by atoms with E-state index in [9.17, 15) is 0 Å². The number of rotatable bonds is 0. The van der Waals surface area contributed by atoms with Crippen molar-refractivity contribution in [2.24, 2.45) is 0 Å². The fourth-order valence-corrected chi connectivity index (χ4v) is 0. The van der Waals surface area contributed by atoms with Crippen LogP contribution in [-0.4, -0.2) is 0 Å². The fraction of sp³-hybridized carbons (Fsp3) is 0. The molecule has 0 nitrogen and oxygen atoms in total. The van der Waals surface area contributed by atoms with E-state index >= 15 is 0 Å². The third kappa shape index (κ3) is 15.2. The van der Waals surface area contributed by atoms with Crippen molar-refractivity contribution in [2.75, 3.05) is 0 Å². The minimum atomic E-state index is 0. The van der Waals surface area contributed by atoms with Crippen LogP contribution in [0.25, 0.3) is 0 Å². The molecule has 26 valence electrons. The quantitative estimate of drug-likeness (QED) is 0.471. The third-order valence-electron chi connectivity index (χ3n) is 0. The summed E-state index contributed by atoms with van der Waals surface area (Å²) in [4.78, 5) is 1.56. The maximum atomic E-state index is 3.28. The molecule has 0 N–H and O–H groups in total. The van der Waals surface area contributed by atoms with Crippen molar-refractivity contribution < 1.29 is 16.0 Å². The molecule has 0 spiro atoms. The van der Waals surface area contributed by atoms with Crippen LogP contribution in [0.1, 0.15) is 0 Å². The Labute approximate surface area is 44.9 Å². The molecule has 2 heteroatoms. The van der Waals surface area contributed by atoms with Gasteiger partial charge in [-0.2, -0.15) is 0 Å². The van der Waals surface area contributed by atoms with Crippen molar-refractivity contribution in [3.05, 3.63) is 11.6 Å². The van der Waals surface area contributed by atoms with Crippen LogP contribution >= 0.6 is 17.0 Å². The summed E-state index contributed by atoms with van der Waals surface area (Å²) in [6, 6.07) is 0. The van der Waals surface area contributed by atoms with Gasteiger partial charge in [0.15, 0.2) is 0 Å². The van der Waals surface area contributed by atoms with Gasteiger partial charge in [0, 0.05) is 0 Å². The Bertz CT molecular complexity index is 13.5. The van der Waals surface area contributed by atoms with E-state index in [1.807, 2.05) is 0 Å². The van der Waals surface area contributed by atoms with Crippen LogP contribution in [0.4, 0.5) is 0 Å². The van der Waals surface area contributed by atoms with Gasteiger partial charge >= 0.3 is 27.6 Å². The molecule has 0 fully saturated rings. The Hall–Kier alpha value is 0.739. The van der Waals surface area contributed by atoms with Gasteiger partial charge in [0.2, 0.25) is 0 Å². The normalized spacial score (nSPS) is 3.25. The first-order valence-corrected chi connectivity index (χ1v) is 1.31. The van der Waals surface area contributed by atoms with E-state index < -0.39 is 0 Å². The summed E-state index contributed by atoms with van der Waals surface area (Å²) < 4.78 is 0. The molecular formula is C2H4BrMn. The van der Waals surface area contributed by atoms with Crippen LogP contribution < -0.4 is 0 Å². The molecule has 0 heterocycles. The van der Waals surface area contributed by atoms with Gasteiger partial charge in [-0.3, -0.25) is 0 Å². The molecule has 0 atom stereocenters. The predicted molar refractivity (Wildman–Crippen MR) is 20.5 cm³/mol. The van der Waals surface area contributed by atoms with Crippen molar-refractivity contribution in [3.8, 4) is 0 Å². The SMILES string of the molecule is Br.C=[CH][Mn]. The van der Waals surface area contributed by atoms with Crippen molar-refractivity contribution >= 4 is 17.0 Å². The van der Waals surface area contributed by atoms with Crippen molar-refractivity contribution in [1.82, 2.24) is 0 Å². The predicted octanol–water partition coefficient (Wildman–Crippen LogP) is 1.25. The van der Waals surface area contributed by atoms with E-state index in [0.29, 0.717) is 0 Å². The van der Waals surface area contributed by atoms with E-state index in [1.165, 1.54) is 0 Å². The molecule has 0 aromatic heterocycles. The standard InChI is InChI=1S/C2H3.BrH.Mn/c1-2;;/h1H,2H2;1H;. The summed E-state index contributed by atoms with van der Waals surface area (Å²) in [6.07, 6.45) is 0. The van der Waals surface area contributed by atoms with E-state index in [1.54, 1.807) is 4.97 Å². The summed E-state index contributed by atoms with van der Waals surface area (Å²) >= 11 is 2.91. The zero-order valence-corrected chi connectivity index (χ0v) is 4.96. The summed E-state index contributed by atoms with van der Waals surface area (Å²) in [5.74, 6) is 0. The second-order valence-electron chi connectivity index (χ2n) is 0.154. The van der Waals surface area contributed by atoms with Gasteiger partial charge in [-0.25, -0.2) is 0 Å². The molecule has 0 saturated heterocycles. The van der Waals surface area contributed by atoms with E-state index in [2.05, 4.69) is 22.6 Å². The molecule has 0 unspecified atom stereocenters. The van der Waals surface area contributed by atoms with Gasteiger partial charge in [0.05, 0.1) is 0 Å². The Morgan fingerprint density at radius 1 is 1.75 bits per heavy atom. The van der Waals surface area contributed by atoms with Crippen LogP contribution in [0, 0.1) is 0 Å². The third-order valence-corrected chi connectivity index (χ3v) is 0. The summed E-state index contributed by atoms with van der Waals surface area (Å²) in [5.41, 5.74) is 0. The van der Waals surface area contributed by atoms with Gasteiger partial charge in [0.1, 0.15) is 0 Å². The average Bonchev–Trinajstić information content (AvgIpc) is 0.918. The van der Waals surface area contributed by atoms with Crippen LogP contribution in [0.3, 0.4) is 0 Å². The van der Waals surface area contributed by atoms with Crippen LogP contribution in [0.15, 0.2) is 11.6 Å². The molecule has 4 heavy (non-hydrogen) atoms. The topological polar surface area (TPSA) is 0 Å². The van der Waals surface area contributed by atoms with Gasteiger partial charge in [-0.1, -0.05) is 0 Å². The van der Waals surface area contributed by atoms with Crippen LogP contribution in [0.2, 0.25) is 0 Å². The Balaban J connectivity index is 0. The first kappa shape index (κ1) is 8.83. The van der Waals surface area contributed by atoms with Crippen LogP contribution in [-0.2, 0) is 16.0 Å². The molecule has 0 amide bonds.